The summed E-state index contributed by atoms with van der Waals surface area (Å²) in [4.78, 5) is 17.4. The zero-order valence-corrected chi connectivity index (χ0v) is 15.3. The number of carbonyl (C=O) groups is 1. The van der Waals surface area contributed by atoms with Crippen LogP contribution in [-0.2, 0) is 13.7 Å². The molecule has 0 saturated heterocycles. The summed E-state index contributed by atoms with van der Waals surface area (Å²) in [6, 6.07) is 6.65. The molecule has 0 fully saturated rings. The van der Waals surface area contributed by atoms with E-state index in [0.717, 1.165) is 5.82 Å². The first-order valence-corrected chi connectivity index (χ1v) is 8.47. The smallest absolute Gasteiger partial charge is 0.401 e. The minimum absolute atomic E-state index is 0.250. The molecule has 1 heterocycles. The van der Waals surface area contributed by atoms with Crippen molar-refractivity contribution in [1.29, 1.82) is 0 Å². The molecule has 0 atom stereocenters. The Hall–Kier alpha value is -2.55. The molecule has 0 aliphatic rings. The van der Waals surface area contributed by atoms with Gasteiger partial charge in [-0.3, -0.25) is 9.69 Å². The number of halogens is 3. The van der Waals surface area contributed by atoms with Gasteiger partial charge in [0.05, 0.1) is 6.54 Å². The van der Waals surface area contributed by atoms with Crippen molar-refractivity contribution in [3.05, 3.63) is 48.0 Å². The molecule has 0 unspecified atom stereocenters. The van der Waals surface area contributed by atoms with Crippen LogP contribution in [0.25, 0.3) is 0 Å². The van der Waals surface area contributed by atoms with Crippen LogP contribution in [0.1, 0.15) is 22.6 Å². The van der Waals surface area contributed by atoms with Crippen molar-refractivity contribution in [3.63, 3.8) is 0 Å². The number of carbonyl (C=O) groups excluding carboxylic acids is 1. The van der Waals surface area contributed by atoms with Crippen molar-refractivity contribution in [3.8, 4) is 5.75 Å². The van der Waals surface area contributed by atoms with Crippen molar-refractivity contribution in [2.45, 2.75) is 19.2 Å². The van der Waals surface area contributed by atoms with Gasteiger partial charge in [-0.25, -0.2) is 4.98 Å². The molecule has 6 nitrogen and oxygen atoms in total. The Morgan fingerprint density at radius 3 is 2.59 bits per heavy atom. The van der Waals surface area contributed by atoms with Gasteiger partial charge in [0.1, 0.15) is 18.2 Å². The largest absolute Gasteiger partial charge is 0.486 e. The summed E-state index contributed by atoms with van der Waals surface area (Å²) >= 11 is 0. The lowest BCUT2D eigenvalue weighted by Crippen LogP contribution is -2.33. The van der Waals surface area contributed by atoms with Crippen LogP contribution in [0.2, 0.25) is 0 Å². The number of rotatable bonds is 9. The van der Waals surface area contributed by atoms with E-state index in [0.29, 0.717) is 30.9 Å². The second-order valence-corrected chi connectivity index (χ2v) is 6.23. The molecule has 1 N–H and O–H groups in total. The molecule has 0 radical (unpaired) electrons. The minimum Gasteiger partial charge on any atom is -0.486 e. The topological polar surface area (TPSA) is 59.4 Å². The number of nitrogens with zero attached hydrogens (tertiary/aromatic N) is 3. The average molecular weight is 384 g/mol. The number of alkyl halides is 3. The van der Waals surface area contributed by atoms with Gasteiger partial charge in [0.2, 0.25) is 0 Å². The third-order valence-corrected chi connectivity index (χ3v) is 3.86. The van der Waals surface area contributed by atoms with Gasteiger partial charge in [0.15, 0.2) is 0 Å². The van der Waals surface area contributed by atoms with E-state index in [4.69, 9.17) is 4.74 Å². The van der Waals surface area contributed by atoms with Crippen LogP contribution in [0.4, 0.5) is 13.2 Å². The normalized spacial score (nSPS) is 11.6. The van der Waals surface area contributed by atoms with Crippen LogP contribution in [-0.4, -0.2) is 53.2 Å². The van der Waals surface area contributed by atoms with E-state index in [1.165, 1.54) is 11.9 Å². The van der Waals surface area contributed by atoms with Gasteiger partial charge in [0, 0.05) is 31.5 Å². The van der Waals surface area contributed by atoms with Crippen LogP contribution >= 0.6 is 0 Å². The lowest BCUT2D eigenvalue weighted by molar-refractivity contribution is -0.143. The summed E-state index contributed by atoms with van der Waals surface area (Å²) in [5.41, 5.74) is 0.461. The number of benzene rings is 1. The molecule has 0 bridgehead atoms. The zero-order valence-electron chi connectivity index (χ0n) is 15.3. The molecule has 1 aromatic heterocycles. The van der Waals surface area contributed by atoms with Gasteiger partial charge in [0.25, 0.3) is 5.91 Å². The summed E-state index contributed by atoms with van der Waals surface area (Å²) in [5, 5.41) is 2.70. The van der Waals surface area contributed by atoms with Crippen molar-refractivity contribution in [2.24, 2.45) is 7.05 Å². The molecule has 9 heteroatoms. The van der Waals surface area contributed by atoms with Gasteiger partial charge in [-0.15, -0.1) is 0 Å². The molecular formula is C18H23F3N4O2. The SMILES string of the molecule is CN(CCCNC(=O)c1ccc(OCc2nccn2C)cc1)CC(F)(F)F. The number of nitrogens with one attached hydrogen (secondary N) is 1. The maximum Gasteiger partial charge on any atom is 0.401 e. The monoisotopic (exact) mass is 384 g/mol. The fourth-order valence-electron chi connectivity index (χ4n) is 2.42. The van der Waals surface area contributed by atoms with E-state index in [1.54, 1.807) is 30.5 Å². The van der Waals surface area contributed by atoms with Gasteiger partial charge in [-0.1, -0.05) is 0 Å². The first-order valence-electron chi connectivity index (χ1n) is 8.47. The lowest BCUT2D eigenvalue weighted by Gasteiger charge is -2.18. The molecule has 0 saturated carbocycles. The fourth-order valence-corrected chi connectivity index (χ4v) is 2.42. The minimum atomic E-state index is -4.21. The fraction of sp³-hybridized carbons (Fsp3) is 0.444. The van der Waals surface area contributed by atoms with Crippen LogP contribution in [0.5, 0.6) is 5.75 Å². The summed E-state index contributed by atoms with van der Waals surface area (Å²) in [7, 11) is 3.28. The van der Waals surface area contributed by atoms with Crippen molar-refractivity contribution < 1.29 is 22.7 Å². The zero-order chi connectivity index (χ0) is 19.9. The molecule has 0 aliphatic heterocycles. The second-order valence-electron chi connectivity index (χ2n) is 6.23. The quantitative estimate of drug-likeness (QED) is 0.676. The third kappa shape index (κ3) is 7.30. The Morgan fingerprint density at radius 2 is 2.00 bits per heavy atom. The molecular weight excluding hydrogens is 361 g/mol. The Morgan fingerprint density at radius 1 is 1.30 bits per heavy atom. The first kappa shape index (κ1) is 20.8. The Labute approximate surface area is 155 Å². The molecule has 2 rings (SSSR count). The van der Waals surface area contributed by atoms with Crippen molar-refractivity contribution in [2.75, 3.05) is 26.7 Å². The van der Waals surface area contributed by atoms with Gasteiger partial charge in [-0.05, 0) is 44.3 Å². The Balaban J connectivity index is 1.71. The number of amides is 1. The van der Waals surface area contributed by atoms with Gasteiger partial charge in [-0.2, -0.15) is 13.2 Å². The number of aromatic nitrogens is 2. The van der Waals surface area contributed by atoms with Crippen LogP contribution in [0.15, 0.2) is 36.7 Å². The number of ether oxygens (including phenoxy) is 1. The standard InChI is InChI=1S/C18H23F3N4O2/c1-24(13-18(19,20)21)10-3-8-23-17(26)14-4-6-15(7-5-14)27-12-16-22-9-11-25(16)2/h4-7,9,11H,3,8,10,12-13H2,1-2H3,(H,23,26). The lowest BCUT2D eigenvalue weighted by atomic mass is 10.2. The molecule has 1 amide bonds. The van der Waals surface area contributed by atoms with Crippen LogP contribution < -0.4 is 10.1 Å². The maximum absolute atomic E-state index is 12.2. The van der Waals surface area contributed by atoms with Crippen LogP contribution in [0.3, 0.4) is 0 Å². The average Bonchev–Trinajstić information content (AvgIpc) is 3.00. The molecule has 148 valence electrons. The second kappa shape index (κ2) is 9.40. The van der Waals surface area contributed by atoms with Gasteiger partial charge < -0.3 is 14.6 Å². The van der Waals surface area contributed by atoms with Crippen molar-refractivity contribution >= 4 is 5.91 Å². The highest BCUT2D eigenvalue weighted by atomic mass is 19.4. The van der Waals surface area contributed by atoms with Gasteiger partial charge >= 0.3 is 6.18 Å². The number of hydrogen-bond acceptors (Lipinski definition) is 4. The predicted octanol–water partition coefficient (Wildman–Crippen LogP) is 2.61. The molecule has 1 aromatic carbocycles. The van der Waals surface area contributed by atoms with E-state index in [9.17, 15) is 18.0 Å². The molecule has 0 aliphatic carbocycles. The number of imidazole rings is 1. The number of aryl methyl sites for hydroxylation is 1. The summed E-state index contributed by atoms with van der Waals surface area (Å²) in [5.74, 6) is 1.12. The highest BCUT2D eigenvalue weighted by Crippen LogP contribution is 2.16. The summed E-state index contributed by atoms with van der Waals surface area (Å²) < 4.78 is 44.2. The third-order valence-electron chi connectivity index (χ3n) is 3.86. The highest BCUT2D eigenvalue weighted by molar-refractivity contribution is 5.94. The van der Waals surface area contributed by atoms with E-state index in [2.05, 4.69) is 10.3 Å². The summed E-state index contributed by atoms with van der Waals surface area (Å²) in [6.45, 7) is -0.0840. The van der Waals surface area contributed by atoms with E-state index in [-0.39, 0.29) is 12.5 Å². The molecule has 27 heavy (non-hydrogen) atoms. The highest BCUT2D eigenvalue weighted by Gasteiger charge is 2.28. The van der Waals surface area contributed by atoms with Crippen LogP contribution in [0, 0.1) is 0 Å². The number of hydrogen-bond donors (Lipinski definition) is 1. The van der Waals surface area contributed by atoms with Crippen molar-refractivity contribution in [1.82, 2.24) is 19.8 Å². The first-order chi connectivity index (χ1) is 12.7. The van der Waals surface area contributed by atoms with E-state index < -0.39 is 12.7 Å². The Kier molecular flexibility index (Phi) is 7.23. The summed E-state index contributed by atoms with van der Waals surface area (Å²) in [6.07, 6.45) is -0.263. The Bertz CT molecular complexity index is 729. The predicted molar refractivity (Wildman–Crippen MR) is 94.5 cm³/mol. The van der Waals surface area contributed by atoms with E-state index >= 15 is 0 Å². The maximum atomic E-state index is 12.2. The van der Waals surface area contributed by atoms with E-state index in [1.807, 2.05) is 17.8 Å². The molecule has 0 spiro atoms. The molecule has 2 aromatic rings.